The van der Waals surface area contributed by atoms with E-state index in [4.69, 9.17) is 4.42 Å². The lowest BCUT2D eigenvalue weighted by atomic mass is 10.1. The van der Waals surface area contributed by atoms with Gasteiger partial charge in [-0.3, -0.25) is 14.0 Å². The number of oxazole rings is 1. The highest BCUT2D eigenvalue weighted by Gasteiger charge is 2.21. The molecule has 10 heteroatoms. The zero-order valence-electron chi connectivity index (χ0n) is 20.0. The fourth-order valence-electron chi connectivity index (χ4n) is 4.33. The second kappa shape index (κ2) is 8.19. The van der Waals surface area contributed by atoms with E-state index in [1.54, 1.807) is 13.2 Å². The lowest BCUT2D eigenvalue weighted by Crippen LogP contribution is -2.26. The van der Waals surface area contributed by atoms with Crippen molar-refractivity contribution in [3.8, 4) is 11.5 Å². The van der Waals surface area contributed by atoms with E-state index in [9.17, 15) is 9.59 Å². The molecule has 0 spiro atoms. The van der Waals surface area contributed by atoms with Gasteiger partial charge in [0, 0.05) is 18.8 Å². The predicted octanol–water partition coefficient (Wildman–Crippen LogP) is 2.91. The lowest BCUT2D eigenvalue weighted by Gasteiger charge is -2.07. The summed E-state index contributed by atoms with van der Waals surface area (Å²) in [5.41, 5.74) is 3.41. The third-order valence-electron chi connectivity index (χ3n) is 6.24. The summed E-state index contributed by atoms with van der Waals surface area (Å²) in [7, 11) is 1.72. The van der Waals surface area contributed by atoms with Crippen LogP contribution in [0.1, 0.15) is 22.6 Å². The van der Waals surface area contributed by atoms with E-state index in [0.717, 1.165) is 16.7 Å². The summed E-state index contributed by atoms with van der Waals surface area (Å²) < 4.78 is 11.6. The Morgan fingerprint density at radius 1 is 0.917 bits per heavy atom. The molecule has 36 heavy (non-hydrogen) atoms. The van der Waals surface area contributed by atoms with Crippen LogP contribution in [0, 0.1) is 13.8 Å². The molecule has 0 radical (unpaired) electrons. The Kier molecular flexibility index (Phi) is 4.96. The van der Waals surface area contributed by atoms with Crippen molar-refractivity contribution in [2.45, 2.75) is 26.9 Å². The molecule has 0 fully saturated rings. The summed E-state index contributed by atoms with van der Waals surface area (Å²) >= 11 is 0. The minimum Gasteiger partial charge on any atom is -0.441 e. The van der Waals surface area contributed by atoms with Crippen LogP contribution in [0.2, 0.25) is 0 Å². The van der Waals surface area contributed by atoms with Crippen molar-refractivity contribution in [3.63, 3.8) is 0 Å². The molecule has 0 atom stereocenters. The van der Waals surface area contributed by atoms with Crippen LogP contribution in [-0.4, -0.2) is 33.5 Å². The fraction of sp³-hybridized carbons (Fsp3) is 0.192. The van der Waals surface area contributed by atoms with E-state index in [-0.39, 0.29) is 35.6 Å². The van der Waals surface area contributed by atoms with Crippen LogP contribution in [0.15, 0.2) is 74.8 Å². The van der Waals surface area contributed by atoms with Crippen molar-refractivity contribution in [2.75, 3.05) is 0 Å². The third kappa shape index (κ3) is 3.54. The summed E-state index contributed by atoms with van der Waals surface area (Å²) in [5, 5.41) is 8.90. The summed E-state index contributed by atoms with van der Waals surface area (Å²) in [4.78, 5) is 31.6. The SMILES string of the molecule is Cc1ccc(Cn2c(=O)c3nn(C)cc3n3c(=O)n(Cc4nc(-c5ccccc5)oc4C)nc23)cc1. The van der Waals surface area contributed by atoms with Gasteiger partial charge in [-0.15, -0.1) is 5.10 Å². The number of hydrogen-bond acceptors (Lipinski definition) is 6. The van der Waals surface area contributed by atoms with Crippen molar-refractivity contribution < 1.29 is 4.42 Å². The van der Waals surface area contributed by atoms with Crippen molar-refractivity contribution >= 4 is 16.8 Å². The third-order valence-corrected chi connectivity index (χ3v) is 6.24. The Morgan fingerprint density at radius 3 is 2.42 bits per heavy atom. The van der Waals surface area contributed by atoms with Crippen molar-refractivity contribution in [1.29, 1.82) is 0 Å². The van der Waals surface area contributed by atoms with Gasteiger partial charge in [0.15, 0.2) is 5.52 Å². The molecule has 6 aromatic rings. The second-order valence-electron chi connectivity index (χ2n) is 8.88. The maximum Gasteiger partial charge on any atom is 0.352 e. The number of benzene rings is 2. The second-order valence-corrected chi connectivity index (χ2v) is 8.88. The van der Waals surface area contributed by atoms with E-state index in [1.165, 1.54) is 18.3 Å². The van der Waals surface area contributed by atoms with Crippen LogP contribution in [0.25, 0.3) is 28.3 Å². The quantitative estimate of drug-likeness (QED) is 0.375. The molecule has 180 valence electrons. The molecule has 4 aromatic heterocycles. The Morgan fingerprint density at radius 2 is 1.67 bits per heavy atom. The molecule has 0 aliphatic carbocycles. The zero-order valence-corrected chi connectivity index (χ0v) is 20.0. The first-order valence-electron chi connectivity index (χ1n) is 11.5. The highest BCUT2D eigenvalue weighted by atomic mass is 16.4. The first-order valence-corrected chi connectivity index (χ1v) is 11.5. The molecular formula is C26H23N7O3. The van der Waals surface area contributed by atoms with Gasteiger partial charge in [0.25, 0.3) is 5.56 Å². The highest BCUT2D eigenvalue weighted by Crippen LogP contribution is 2.22. The molecule has 0 aliphatic rings. The Labute approximate surface area is 204 Å². The molecular weight excluding hydrogens is 458 g/mol. The normalized spacial score (nSPS) is 11.6. The number of hydrogen-bond donors (Lipinski definition) is 0. The molecule has 0 saturated carbocycles. The monoisotopic (exact) mass is 481 g/mol. The van der Waals surface area contributed by atoms with E-state index >= 15 is 0 Å². The standard InChI is InChI=1S/C26H23N7O3/c1-16-9-11-18(12-10-16)13-31-24(34)22-21(15-30(3)28-22)33-25(31)29-32(26(33)35)14-20-17(2)36-23(27-20)19-7-5-4-6-8-19/h4-12,15H,13-14H2,1-3H3. The van der Waals surface area contributed by atoms with Crippen LogP contribution in [0.4, 0.5) is 0 Å². The Balaban J connectivity index is 1.50. The van der Waals surface area contributed by atoms with Gasteiger partial charge in [-0.2, -0.15) is 5.10 Å². The maximum atomic E-state index is 13.6. The molecule has 0 bridgehead atoms. The number of aryl methyl sites for hydroxylation is 3. The van der Waals surface area contributed by atoms with E-state index in [0.29, 0.717) is 22.9 Å². The van der Waals surface area contributed by atoms with Gasteiger partial charge in [0.2, 0.25) is 11.7 Å². The first kappa shape index (κ1) is 21.8. The molecule has 0 aliphatic heterocycles. The van der Waals surface area contributed by atoms with Gasteiger partial charge in [0.05, 0.1) is 13.1 Å². The minimum atomic E-state index is -0.385. The van der Waals surface area contributed by atoms with Crippen molar-refractivity contribution in [2.24, 2.45) is 7.05 Å². The van der Waals surface area contributed by atoms with Crippen LogP contribution >= 0.6 is 0 Å². The molecule has 0 unspecified atom stereocenters. The van der Waals surface area contributed by atoms with Gasteiger partial charge in [-0.05, 0) is 31.5 Å². The Bertz CT molecular complexity index is 1850. The van der Waals surface area contributed by atoms with E-state index < -0.39 is 0 Å². The summed E-state index contributed by atoms with van der Waals surface area (Å²) in [6.07, 6.45) is 1.65. The average Bonchev–Trinajstić information content (AvgIpc) is 3.54. The topological polar surface area (TPSA) is 105 Å². The summed E-state index contributed by atoms with van der Waals surface area (Å²) in [6, 6.07) is 17.5. The molecule has 0 N–H and O–H groups in total. The summed E-state index contributed by atoms with van der Waals surface area (Å²) in [6.45, 7) is 4.17. The van der Waals surface area contributed by atoms with Crippen LogP contribution in [0.3, 0.4) is 0 Å². The number of aromatic nitrogens is 7. The number of nitrogens with zero attached hydrogens (tertiary/aromatic N) is 7. The van der Waals surface area contributed by atoms with Crippen LogP contribution in [-0.2, 0) is 20.1 Å². The van der Waals surface area contributed by atoms with Crippen LogP contribution < -0.4 is 11.2 Å². The van der Waals surface area contributed by atoms with Crippen molar-refractivity contribution in [3.05, 3.63) is 104 Å². The zero-order chi connectivity index (χ0) is 25.0. The van der Waals surface area contributed by atoms with Gasteiger partial charge in [-0.25, -0.2) is 18.9 Å². The van der Waals surface area contributed by atoms with E-state index in [2.05, 4.69) is 15.2 Å². The summed E-state index contributed by atoms with van der Waals surface area (Å²) in [5.74, 6) is 1.32. The van der Waals surface area contributed by atoms with Gasteiger partial charge in [0.1, 0.15) is 17.0 Å². The molecule has 4 heterocycles. The fourth-order valence-corrected chi connectivity index (χ4v) is 4.33. The largest absolute Gasteiger partial charge is 0.441 e. The number of fused-ring (bicyclic) bond motifs is 3. The number of rotatable bonds is 5. The first-order chi connectivity index (χ1) is 17.4. The van der Waals surface area contributed by atoms with Crippen LogP contribution in [0.5, 0.6) is 0 Å². The minimum absolute atomic E-state index is 0.100. The molecule has 10 nitrogen and oxygen atoms in total. The highest BCUT2D eigenvalue weighted by molar-refractivity contribution is 5.75. The predicted molar refractivity (Wildman–Crippen MR) is 134 cm³/mol. The maximum absolute atomic E-state index is 13.6. The molecule has 6 rings (SSSR count). The van der Waals surface area contributed by atoms with Gasteiger partial charge in [-0.1, -0.05) is 48.0 Å². The smallest absolute Gasteiger partial charge is 0.352 e. The van der Waals surface area contributed by atoms with Crippen molar-refractivity contribution in [1.82, 2.24) is 33.5 Å². The molecule has 0 saturated heterocycles. The molecule has 2 aromatic carbocycles. The van der Waals surface area contributed by atoms with E-state index in [1.807, 2.05) is 68.4 Å². The van der Waals surface area contributed by atoms with Gasteiger partial charge >= 0.3 is 5.69 Å². The molecule has 0 amide bonds. The average molecular weight is 482 g/mol. The van der Waals surface area contributed by atoms with Gasteiger partial charge < -0.3 is 4.42 Å². The lowest BCUT2D eigenvalue weighted by molar-refractivity contribution is 0.535. The Hall–Kier alpha value is -4.73.